The molecule has 1 aromatic carbocycles. The van der Waals surface area contributed by atoms with Crippen LogP contribution in [0.1, 0.15) is 44.9 Å². The average Bonchev–Trinajstić information content (AvgIpc) is 2.97. The second-order valence-electron chi connectivity index (χ2n) is 7.50. The molecule has 5 nitrogen and oxygen atoms in total. The third-order valence-corrected chi connectivity index (χ3v) is 5.25. The molecule has 0 bridgehead atoms. The molecule has 0 unspecified atom stereocenters. The van der Waals surface area contributed by atoms with Gasteiger partial charge in [-0.1, -0.05) is 25.3 Å². The number of amides is 1. The van der Waals surface area contributed by atoms with E-state index in [0.29, 0.717) is 31.6 Å². The number of carbonyl (C=O) groups is 1. The van der Waals surface area contributed by atoms with E-state index in [9.17, 15) is 19.4 Å². The van der Waals surface area contributed by atoms with Gasteiger partial charge in [-0.2, -0.15) is 0 Å². The van der Waals surface area contributed by atoms with Gasteiger partial charge in [0, 0.05) is 12.6 Å². The van der Waals surface area contributed by atoms with Crippen LogP contribution in [0.25, 0.3) is 0 Å². The smallest absolute Gasteiger partial charge is 0.225 e. The number of carbonyl (C=O) groups excluding carboxylic acids is 1. The van der Waals surface area contributed by atoms with Crippen molar-refractivity contribution in [2.75, 3.05) is 19.7 Å². The molecule has 2 N–H and O–H groups in total. The zero-order chi connectivity index (χ0) is 17.9. The minimum absolute atomic E-state index is 0.00447. The zero-order valence-electron chi connectivity index (χ0n) is 14.4. The van der Waals surface area contributed by atoms with Gasteiger partial charge in [0.1, 0.15) is 23.8 Å². The van der Waals surface area contributed by atoms with Crippen molar-refractivity contribution < 1.29 is 24.1 Å². The van der Waals surface area contributed by atoms with Gasteiger partial charge in [0.2, 0.25) is 5.91 Å². The van der Waals surface area contributed by atoms with E-state index in [-0.39, 0.29) is 25.5 Å². The maximum Gasteiger partial charge on any atom is 0.225 e. The number of β-amino-alcohol motifs (C(OH)–C–C–N with tert-alkyl or cyclic N) is 1. The van der Waals surface area contributed by atoms with Crippen LogP contribution in [0.4, 0.5) is 4.39 Å². The van der Waals surface area contributed by atoms with Crippen LogP contribution in [0.15, 0.2) is 24.3 Å². The van der Waals surface area contributed by atoms with E-state index in [1.165, 1.54) is 12.1 Å². The predicted molar refractivity (Wildman–Crippen MR) is 90.7 cm³/mol. The maximum absolute atomic E-state index is 13.2. The van der Waals surface area contributed by atoms with Gasteiger partial charge < -0.3 is 19.8 Å². The van der Waals surface area contributed by atoms with E-state index in [1.54, 1.807) is 17.0 Å². The standard InChI is InChI=1S/C19H26FNO4/c20-15-5-4-6-16(11-15)25-14-19(24)9-10-21(13-19)17(22)12-18(23)7-2-1-3-8-18/h4-6,11,23-24H,1-3,7-10,12-14H2/t19-/m0/s1. The van der Waals surface area contributed by atoms with Crippen LogP contribution < -0.4 is 4.74 Å². The lowest BCUT2D eigenvalue weighted by Crippen LogP contribution is -2.43. The van der Waals surface area contributed by atoms with Gasteiger partial charge in [0.15, 0.2) is 0 Å². The second-order valence-corrected chi connectivity index (χ2v) is 7.50. The number of nitrogens with zero attached hydrogens (tertiary/aromatic N) is 1. The number of hydrogen-bond acceptors (Lipinski definition) is 4. The number of aliphatic hydroxyl groups is 2. The first kappa shape index (κ1) is 18.1. The fourth-order valence-corrected chi connectivity index (χ4v) is 3.74. The van der Waals surface area contributed by atoms with Gasteiger partial charge >= 0.3 is 0 Å². The molecule has 1 aromatic rings. The number of ether oxygens (including phenoxy) is 1. The minimum atomic E-state index is -1.14. The lowest BCUT2D eigenvalue weighted by Gasteiger charge is -2.33. The molecule has 1 saturated carbocycles. The normalized spacial score (nSPS) is 25.8. The predicted octanol–water partition coefficient (Wildman–Crippen LogP) is 2.25. The summed E-state index contributed by atoms with van der Waals surface area (Å²) >= 11 is 0. The van der Waals surface area contributed by atoms with Crippen molar-refractivity contribution in [3.63, 3.8) is 0 Å². The molecule has 2 fully saturated rings. The van der Waals surface area contributed by atoms with Crippen LogP contribution in [0.5, 0.6) is 5.75 Å². The molecule has 0 radical (unpaired) electrons. The Morgan fingerprint density at radius 2 is 1.92 bits per heavy atom. The molecule has 3 rings (SSSR count). The summed E-state index contributed by atoms with van der Waals surface area (Å²) in [7, 11) is 0. The lowest BCUT2D eigenvalue weighted by atomic mass is 9.82. The third kappa shape index (κ3) is 4.70. The SMILES string of the molecule is O=C(CC1(O)CCCCC1)N1CC[C@@](O)(COc2cccc(F)c2)C1. The molecule has 0 aromatic heterocycles. The highest BCUT2D eigenvalue weighted by Gasteiger charge is 2.41. The van der Waals surface area contributed by atoms with Crippen LogP contribution in [0.2, 0.25) is 0 Å². The van der Waals surface area contributed by atoms with Crippen LogP contribution >= 0.6 is 0 Å². The lowest BCUT2D eigenvalue weighted by molar-refractivity contribution is -0.138. The molecular weight excluding hydrogens is 325 g/mol. The Labute approximate surface area is 147 Å². The molecule has 2 aliphatic rings. The van der Waals surface area contributed by atoms with Gasteiger partial charge in [-0.3, -0.25) is 4.79 Å². The number of likely N-dealkylation sites (tertiary alicyclic amines) is 1. The molecule has 138 valence electrons. The Hall–Kier alpha value is -1.66. The maximum atomic E-state index is 13.2. The summed E-state index contributed by atoms with van der Waals surface area (Å²) in [6.07, 6.45) is 4.88. The first-order chi connectivity index (χ1) is 11.9. The highest BCUT2D eigenvalue weighted by molar-refractivity contribution is 5.77. The fraction of sp³-hybridized carbons (Fsp3) is 0.632. The monoisotopic (exact) mass is 351 g/mol. The molecule has 25 heavy (non-hydrogen) atoms. The Bertz CT molecular complexity index is 617. The molecule has 1 aliphatic carbocycles. The van der Waals surface area contributed by atoms with Crippen molar-refractivity contribution >= 4 is 5.91 Å². The summed E-state index contributed by atoms with van der Waals surface area (Å²) in [5, 5.41) is 21.2. The topological polar surface area (TPSA) is 70.0 Å². The van der Waals surface area contributed by atoms with Gasteiger partial charge in [-0.15, -0.1) is 0 Å². The zero-order valence-corrected chi connectivity index (χ0v) is 14.4. The number of halogens is 1. The van der Waals surface area contributed by atoms with Crippen molar-refractivity contribution in [1.82, 2.24) is 4.90 Å². The highest BCUT2D eigenvalue weighted by atomic mass is 19.1. The van der Waals surface area contributed by atoms with Crippen molar-refractivity contribution in [3.8, 4) is 5.75 Å². The van der Waals surface area contributed by atoms with Gasteiger partial charge in [0.25, 0.3) is 0 Å². The van der Waals surface area contributed by atoms with Crippen LogP contribution in [0.3, 0.4) is 0 Å². The summed E-state index contributed by atoms with van der Waals surface area (Å²) in [6, 6.07) is 5.76. The van der Waals surface area contributed by atoms with E-state index in [0.717, 1.165) is 19.3 Å². The Kier molecular flexibility index (Phi) is 5.29. The molecular formula is C19H26FNO4. The van der Waals surface area contributed by atoms with Gasteiger partial charge in [-0.05, 0) is 31.4 Å². The minimum Gasteiger partial charge on any atom is -0.490 e. The third-order valence-electron chi connectivity index (χ3n) is 5.25. The van der Waals surface area contributed by atoms with E-state index >= 15 is 0 Å². The van der Waals surface area contributed by atoms with Crippen molar-refractivity contribution in [3.05, 3.63) is 30.1 Å². The first-order valence-corrected chi connectivity index (χ1v) is 8.99. The average molecular weight is 351 g/mol. The van der Waals surface area contributed by atoms with E-state index in [4.69, 9.17) is 4.74 Å². The van der Waals surface area contributed by atoms with Gasteiger partial charge in [-0.25, -0.2) is 4.39 Å². The number of hydrogen-bond donors (Lipinski definition) is 2. The van der Waals surface area contributed by atoms with Crippen LogP contribution in [0, 0.1) is 5.82 Å². The molecule has 1 amide bonds. The quantitative estimate of drug-likeness (QED) is 0.854. The highest BCUT2D eigenvalue weighted by Crippen LogP contribution is 2.32. The summed E-state index contributed by atoms with van der Waals surface area (Å²) in [5.74, 6) is -0.158. The molecule has 1 atom stereocenters. The van der Waals surface area contributed by atoms with Crippen molar-refractivity contribution in [2.45, 2.75) is 56.1 Å². The van der Waals surface area contributed by atoms with E-state index in [2.05, 4.69) is 0 Å². The molecule has 6 heteroatoms. The molecule has 1 saturated heterocycles. The van der Waals surface area contributed by atoms with Crippen molar-refractivity contribution in [1.29, 1.82) is 0 Å². The molecule has 1 aliphatic heterocycles. The van der Waals surface area contributed by atoms with E-state index in [1.807, 2.05) is 0 Å². The summed E-state index contributed by atoms with van der Waals surface area (Å²) in [6.45, 7) is 0.625. The molecule has 0 spiro atoms. The summed E-state index contributed by atoms with van der Waals surface area (Å²) < 4.78 is 18.7. The number of rotatable bonds is 5. The number of benzene rings is 1. The van der Waals surface area contributed by atoms with E-state index < -0.39 is 17.0 Å². The fourth-order valence-electron chi connectivity index (χ4n) is 3.74. The Balaban J connectivity index is 1.52. The summed E-state index contributed by atoms with van der Waals surface area (Å²) in [4.78, 5) is 14.1. The summed E-state index contributed by atoms with van der Waals surface area (Å²) in [5.41, 5.74) is -2.04. The largest absolute Gasteiger partial charge is 0.490 e. The Morgan fingerprint density at radius 3 is 2.64 bits per heavy atom. The van der Waals surface area contributed by atoms with Crippen LogP contribution in [-0.2, 0) is 4.79 Å². The second kappa shape index (κ2) is 7.30. The van der Waals surface area contributed by atoms with Gasteiger partial charge in [0.05, 0.1) is 18.6 Å². The van der Waals surface area contributed by atoms with Crippen molar-refractivity contribution in [2.24, 2.45) is 0 Å². The molecule has 1 heterocycles. The Morgan fingerprint density at radius 1 is 1.16 bits per heavy atom. The first-order valence-electron chi connectivity index (χ1n) is 8.99. The van der Waals surface area contributed by atoms with Crippen LogP contribution in [-0.4, -0.2) is 51.9 Å².